The first-order valence-corrected chi connectivity index (χ1v) is 8.15. The SMILES string of the molecule is O=C(c1ccc2cccc(O)c2n1)N1CCC(c2ccccc2)C1. The number of fused-ring (bicyclic) bond motifs is 1. The van der Waals surface area contributed by atoms with Crippen LogP contribution in [-0.4, -0.2) is 34.0 Å². The van der Waals surface area contributed by atoms with Gasteiger partial charge in [0.05, 0.1) is 0 Å². The number of benzene rings is 2. The number of nitrogens with zero attached hydrogens (tertiary/aromatic N) is 2. The van der Waals surface area contributed by atoms with Crippen molar-refractivity contribution in [3.05, 3.63) is 71.9 Å². The van der Waals surface area contributed by atoms with Gasteiger partial charge in [-0.05, 0) is 24.1 Å². The number of carbonyl (C=O) groups is 1. The van der Waals surface area contributed by atoms with E-state index >= 15 is 0 Å². The lowest BCUT2D eigenvalue weighted by Gasteiger charge is -2.16. The zero-order valence-corrected chi connectivity index (χ0v) is 13.2. The fourth-order valence-corrected chi connectivity index (χ4v) is 3.35. The Morgan fingerprint density at radius 2 is 1.88 bits per heavy atom. The lowest BCUT2D eigenvalue weighted by Crippen LogP contribution is -2.29. The van der Waals surface area contributed by atoms with Crippen LogP contribution < -0.4 is 0 Å². The lowest BCUT2D eigenvalue weighted by molar-refractivity contribution is 0.0785. The number of aromatic nitrogens is 1. The number of carbonyl (C=O) groups excluding carboxylic acids is 1. The van der Waals surface area contributed by atoms with Crippen LogP contribution in [0.5, 0.6) is 5.75 Å². The molecule has 24 heavy (non-hydrogen) atoms. The second-order valence-electron chi connectivity index (χ2n) is 6.19. The van der Waals surface area contributed by atoms with Crippen LogP contribution in [-0.2, 0) is 0 Å². The summed E-state index contributed by atoms with van der Waals surface area (Å²) in [7, 11) is 0. The molecule has 1 aliphatic heterocycles. The van der Waals surface area contributed by atoms with E-state index in [1.807, 2.05) is 35.2 Å². The fraction of sp³-hybridized carbons (Fsp3) is 0.200. The molecular formula is C20H18N2O2. The number of hydrogen-bond acceptors (Lipinski definition) is 3. The highest BCUT2D eigenvalue weighted by molar-refractivity contribution is 5.96. The summed E-state index contributed by atoms with van der Waals surface area (Å²) in [5.74, 6) is 0.410. The van der Waals surface area contributed by atoms with Crippen molar-refractivity contribution in [2.75, 3.05) is 13.1 Å². The normalized spacial score (nSPS) is 17.3. The van der Waals surface area contributed by atoms with Crippen LogP contribution in [0.25, 0.3) is 10.9 Å². The predicted octanol–water partition coefficient (Wildman–Crippen LogP) is 3.57. The summed E-state index contributed by atoms with van der Waals surface area (Å²) in [4.78, 5) is 19.0. The highest BCUT2D eigenvalue weighted by atomic mass is 16.3. The van der Waals surface area contributed by atoms with E-state index in [9.17, 15) is 9.90 Å². The molecule has 1 saturated heterocycles. The average molecular weight is 318 g/mol. The summed E-state index contributed by atoms with van der Waals surface area (Å²) >= 11 is 0. The highest BCUT2D eigenvalue weighted by Gasteiger charge is 2.28. The molecular weight excluding hydrogens is 300 g/mol. The Kier molecular flexibility index (Phi) is 3.65. The average Bonchev–Trinajstić information content (AvgIpc) is 3.12. The molecule has 4 nitrogen and oxygen atoms in total. The Hall–Kier alpha value is -2.88. The third kappa shape index (κ3) is 2.60. The van der Waals surface area contributed by atoms with E-state index in [-0.39, 0.29) is 11.7 Å². The van der Waals surface area contributed by atoms with Crippen molar-refractivity contribution in [2.24, 2.45) is 0 Å². The summed E-state index contributed by atoms with van der Waals surface area (Å²) < 4.78 is 0. The van der Waals surface area contributed by atoms with Crippen LogP contribution in [0.4, 0.5) is 0 Å². The molecule has 1 aliphatic rings. The second kappa shape index (κ2) is 5.96. The minimum absolute atomic E-state index is 0.0708. The molecule has 0 saturated carbocycles. The van der Waals surface area contributed by atoms with Gasteiger partial charge in [0, 0.05) is 24.4 Å². The molecule has 4 rings (SSSR count). The molecule has 2 aromatic carbocycles. The zero-order valence-electron chi connectivity index (χ0n) is 13.2. The minimum Gasteiger partial charge on any atom is -0.506 e. The van der Waals surface area contributed by atoms with Gasteiger partial charge in [-0.2, -0.15) is 0 Å². The van der Waals surface area contributed by atoms with Gasteiger partial charge in [0.25, 0.3) is 5.91 Å². The number of hydrogen-bond donors (Lipinski definition) is 1. The van der Waals surface area contributed by atoms with Gasteiger partial charge in [0.1, 0.15) is 17.0 Å². The number of rotatable bonds is 2. The van der Waals surface area contributed by atoms with Gasteiger partial charge in [0.2, 0.25) is 0 Å². The van der Waals surface area contributed by atoms with Crippen LogP contribution >= 0.6 is 0 Å². The van der Waals surface area contributed by atoms with Crippen molar-refractivity contribution in [1.29, 1.82) is 0 Å². The zero-order chi connectivity index (χ0) is 16.5. The Morgan fingerprint density at radius 3 is 2.71 bits per heavy atom. The molecule has 1 unspecified atom stereocenters. The van der Waals surface area contributed by atoms with Crippen molar-refractivity contribution in [2.45, 2.75) is 12.3 Å². The molecule has 2 heterocycles. The molecule has 0 spiro atoms. The van der Waals surface area contributed by atoms with E-state index in [4.69, 9.17) is 0 Å². The summed E-state index contributed by atoms with van der Waals surface area (Å²) in [6, 6.07) is 19.1. The molecule has 4 heteroatoms. The molecule has 0 radical (unpaired) electrons. The second-order valence-corrected chi connectivity index (χ2v) is 6.19. The maximum atomic E-state index is 12.8. The molecule has 0 bridgehead atoms. The van der Waals surface area contributed by atoms with Crippen LogP contribution in [0.2, 0.25) is 0 Å². The van der Waals surface area contributed by atoms with Gasteiger partial charge in [-0.1, -0.05) is 48.5 Å². The van der Waals surface area contributed by atoms with Gasteiger partial charge in [-0.25, -0.2) is 4.98 Å². The molecule has 1 fully saturated rings. The first-order valence-electron chi connectivity index (χ1n) is 8.15. The van der Waals surface area contributed by atoms with E-state index in [0.717, 1.165) is 18.4 Å². The Bertz CT molecular complexity index is 893. The predicted molar refractivity (Wildman–Crippen MR) is 93.1 cm³/mol. The van der Waals surface area contributed by atoms with Crippen molar-refractivity contribution >= 4 is 16.8 Å². The first-order chi connectivity index (χ1) is 11.7. The molecule has 1 aromatic heterocycles. The van der Waals surface area contributed by atoms with Gasteiger partial charge in [-0.15, -0.1) is 0 Å². The molecule has 1 N–H and O–H groups in total. The Balaban J connectivity index is 1.57. The monoisotopic (exact) mass is 318 g/mol. The number of amides is 1. The summed E-state index contributed by atoms with van der Waals surface area (Å²) in [6.45, 7) is 1.45. The number of likely N-dealkylation sites (tertiary alicyclic amines) is 1. The van der Waals surface area contributed by atoms with Gasteiger partial charge < -0.3 is 10.0 Å². The van der Waals surface area contributed by atoms with Crippen molar-refractivity contribution < 1.29 is 9.90 Å². The first kappa shape index (κ1) is 14.7. The van der Waals surface area contributed by atoms with E-state index in [0.29, 0.717) is 23.7 Å². The topological polar surface area (TPSA) is 53.4 Å². The Morgan fingerprint density at radius 1 is 1.04 bits per heavy atom. The minimum atomic E-state index is -0.0708. The van der Waals surface area contributed by atoms with Crippen LogP contribution in [0.1, 0.15) is 28.4 Å². The van der Waals surface area contributed by atoms with Gasteiger partial charge in [0.15, 0.2) is 0 Å². The number of phenols is 1. The van der Waals surface area contributed by atoms with Gasteiger partial charge in [-0.3, -0.25) is 4.79 Å². The summed E-state index contributed by atoms with van der Waals surface area (Å²) in [5, 5.41) is 10.8. The summed E-state index contributed by atoms with van der Waals surface area (Å²) in [6.07, 6.45) is 0.967. The van der Waals surface area contributed by atoms with Crippen LogP contribution in [0.3, 0.4) is 0 Å². The molecule has 120 valence electrons. The van der Waals surface area contributed by atoms with Crippen molar-refractivity contribution in [3.63, 3.8) is 0 Å². The van der Waals surface area contributed by atoms with Gasteiger partial charge >= 0.3 is 0 Å². The van der Waals surface area contributed by atoms with E-state index < -0.39 is 0 Å². The third-order valence-electron chi connectivity index (χ3n) is 4.66. The standard InChI is InChI=1S/C20H18N2O2/c23-18-8-4-7-15-9-10-17(21-19(15)18)20(24)22-12-11-16(13-22)14-5-2-1-3-6-14/h1-10,16,23H,11-13H2. The summed E-state index contributed by atoms with van der Waals surface area (Å²) in [5.41, 5.74) is 2.14. The largest absolute Gasteiger partial charge is 0.506 e. The van der Waals surface area contributed by atoms with Crippen LogP contribution in [0, 0.1) is 0 Å². The third-order valence-corrected chi connectivity index (χ3v) is 4.66. The maximum Gasteiger partial charge on any atom is 0.272 e. The number of pyridine rings is 1. The number of aromatic hydroxyl groups is 1. The maximum absolute atomic E-state index is 12.8. The molecule has 3 aromatic rings. The van der Waals surface area contributed by atoms with Crippen LogP contribution in [0.15, 0.2) is 60.7 Å². The van der Waals surface area contributed by atoms with E-state index in [2.05, 4.69) is 17.1 Å². The number of para-hydroxylation sites is 1. The van der Waals surface area contributed by atoms with E-state index in [1.165, 1.54) is 5.56 Å². The van der Waals surface area contributed by atoms with E-state index in [1.54, 1.807) is 18.2 Å². The lowest BCUT2D eigenvalue weighted by atomic mass is 9.99. The fourth-order valence-electron chi connectivity index (χ4n) is 3.35. The highest BCUT2D eigenvalue weighted by Crippen LogP contribution is 2.28. The Labute approximate surface area is 140 Å². The molecule has 1 atom stereocenters. The van der Waals surface area contributed by atoms with Crippen molar-refractivity contribution in [1.82, 2.24) is 9.88 Å². The quantitative estimate of drug-likeness (QED) is 0.786. The number of phenolic OH excluding ortho intramolecular Hbond substituents is 1. The molecule has 1 amide bonds. The molecule has 0 aliphatic carbocycles. The smallest absolute Gasteiger partial charge is 0.272 e. The van der Waals surface area contributed by atoms with Crippen molar-refractivity contribution in [3.8, 4) is 5.75 Å².